The molecular formula is C23H44O3. The minimum atomic E-state index is -0.845. The van der Waals surface area contributed by atoms with Gasteiger partial charge in [-0.05, 0) is 32.1 Å². The average molecular weight is 369 g/mol. The second kappa shape index (κ2) is 14.6. The fraction of sp³-hybridized carbons (Fsp3) is 0.913. The number of allylic oxidation sites excluding steroid dienone is 2. The largest absolute Gasteiger partial charge is 0.393 e. The molecule has 1 aliphatic rings. The maximum Gasteiger partial charge on any atom is 0.0697 e. The molecule has 0 aromatic heterocycles. The SMILES string of the molecule is CCCC/C=C\CCCCCCCCCCCC1(O)C[C@@H](O)C[C@H](O)C1. The van der Waals surface area contributed by atoms with Gasteiger partial charge in [0.05, 0.1) is 17.8 Å². The highest BCUT2D eigenvalue weighted by Crippen LogP contribution is 2.33. The normalized spacial score (nSPS) is 26.6. The Balaban J connectivity index is 1.85. The highest BCUT2D eigenvalue weighted by Gasteiger charge is 2.37. The van der Waals surface area contributed by atoms with Gasteiger partial charge in [0, 0.05) is 12.8 Å². The van der Waals surface area contributed by atoms with E-state index in [0.717, 1.165) is 12.8 Å². The van der Waals surface area contributed by atoms with Crippen molar-refractivity contribution in [2.75, 3.05) is 0 Å². The zero-order valence-electron chi connectivity index (χ0n) is 17.2. The second-order valence-corrected chi connectivity index (χ2v) is 8.51. The van der Waals surface area contributed by atoms with Gasteiger partial charge in [-0.2, -0.15) is 0 Å². The smallest absolute Gasteiger partial charge is 0.0697 e. The molecule has 0 aromatic carbocycles. The number of aliphatic hydroxyl groups is 3. The molecule has 3 nitrogen and oxygen atoms in total. The van der Waals surface area contributed by atoms with Crippen molar-refractivity contribution in [1.82, 2.24) is 0 Å². The van der Waals surface area contributed by atoms with E-state index in [0.29, 0.717) is 25.7 Å². The summed E-state index contributed by atoms with van der Waals surface area (Å²) in [5.41, 5.74) is -0.845. The third kappa shape index (κ3) is 12.1. The lowest BCUT2D eigenvalue weighted by Crippen LogP contribution is -2.43. The molecule has 2 atom stereocenters. The zero-order valence-corrected chi connectivity index (χ0v) is 17.2. The molecule has 0 saturated heterocycles. The van der Waals surface area contributed by atoms with Gasteiger partial charge in [0.2, 0.25) is 0 Å². The van der Waals surface area contributed by atoms with Crippen LogP contribution in [0, 0.1) is 0 Å². The maximum atomic E-state index is 10.5. The molecule has 0 bridgehead atoms. The van der Waals surface area contributed by atoms with Crippen molar-refractivity contribution in [2.45, 2.75) is 134 Å². The highest BCUT2D eigenvalue weighted by molar-refractivity contribution is 4.90. The van der Waals surface area contributed by atoms with Gasteiger partial charge in [0.15, 0.2) is 0 Å². The molecule has 1 saturated carbocycles. The average Bonchev–Trinajstić information content (AvgIpc) is 2.57. The Hall–Kier alpha value is -0.380. The Bertz CT molecular complexity index is 343. The number of hydrogen-bond donors (Lipinski definition) is 3. The molecule has 0 radical (unpaired) electrons. The molecule has 1 rings (SSSR count). The first-order valence-corrected chi connectivity index (χ1v) is 11.3. The Morgan fingerprint density at radius 2 is 1.19 bits per heavy atom. The molecule has 0 heterocycles. The van der Waals surface area contributed by atoms with Gasteiger partial charge in [-0.1, -0.05) is 83.3 Å². The predicted molar refractivity (Wildman–Crippen MR) is 110 cm³/mol. The first-order valence-electron chi connectivity index (χ1n) is 11.3. The van der Waals surface area contributed by atoms with Crippen LogP contribution in [0.3, 0.4) is 0 Å². The van der Waals surface area contributed by atoms with Crippen molar-refractivity contribution in [1.29, 1.82) is 0 Å². The van der Waals surface area contributed by atoms with Crippen LogP contribution in [0.2, 0.25) is 0 Å². The van der Waals surface area contributed by atoms with Crippen molar-refractivity contribution >= 4 is 0 Å². The lowest BCUT2D eigenvalue weighted by molar-refractivity contribution is -0.0950. The van der Waals surface area contributed by atoms with Crippen molar-refractivity contribution in [3.05, 3.63) is 12.2 Å². The summed E-state index contributed by atoms with van der Waals surface area (Å²) in [6.07, 6.45) is 22.1. The molecule has 0 aliphatic heterocycles. The highest BCUT2D eigenvalue weighted by atomic mass is 16.3. The third-order valence-electron chi connectivity index (χ3n) is 5.68. The van der Waals surface area contributed by atoms with Gasteiger partial charge in [0.25, 0.3) is 0 Å². The van der Waals surface area contributed by atoms with Crippen LogP contribution in [0.15, 0.2) is 12.2 Å². The van der Waals surface area contributed by atoms with Crippen LogP contribution in [-0.2, 0) is 0 Å². The Morgan fingerprint density at radius 3 is 1.73 bits per heavy atom. The van der Waals surface area contributed by atoms with E-state index in [2.05, 4.69) is 19.1 Å². The molecule has 0 amide bonds. The summed E-state index contributed by atoms with van der Waals surface area (Å²) >= 11 is 0. The molecule has 1 fully saturated rings. The fourth-order valence-corrected chi connectivity index (χ4v) is 4.16. The van der Waals surface area contributed by atoms with E-state index < -0.39 is 17.8 Å². The standard InChI is InChI=1S/C23H44O3/c1-2-3-4-5-6-7-8-9-10-11-12-13-14-15-16-17-23(26)19-21(24)18-22(25)20-23/h5-6,21-22,24-26H,2-4,7-20H2,1H3/b6-5-/t21-,22-/m0/s1. The predicted octanol–water partition coefficient (Wildman–Crippen LogP) is 5.66. The number of rotatable bonds is 15. The van der Waals surface area contributed by atoms with E-state index in [-0.39, 0.29) is 0 Å². The first-order chi connectivity index (χ1) is 12.6. The first kappa shape index (κ1) is 23.7. The summed E-state index contributed by atoms with van der Waals surface area (Å²) in [6, 6.07) is 0. The van der Waals surface area contributed by atoms with Crippen LogP contribution in [0.4, 0.5) is 0 Å². The van der Waals surface area contributed by atoms with Gasteiger partial charge in [0.1, 0.15) is 0 Å². The molecule has 0 unspecified atom stereocenters. The van der Waals surface area contributed by atoms with Gasteiger partial charge in [-0.3, -0.25) is 0 Å². The summed E-state index contributed by atoms with van der Waals surface area (Å²) in [6.45, 7) is 2.24. The topological polar surface area (TPSA) is 60.7 Å². The van der Waals surface area contributed by atoms with Gasteiger partial charge < -0.3 is 15.3 Å². The molecule has 3 heteroatoms. The molecule has 3 N–H and O–H groups in total. The summed E-state index contributed by atoms with van der Waals surface area (Å²) in [5, 5.41) is 29.9. The fourth-order valence-electron chi connectivity index (χ4n) is 4.16. The Morgan fingerprint density at radius 1 is 0.731 bits per heavy atom. The number of unbranched alkanes of at least 4 members (excludes halogenated alkanes) is 11. The van der Waals surface area contributed by atoms with Gasteiger partial charge in [-0.25, -0.2) is 0 Å². The Kier molecular flexibility index (Phi) is 13.3. The minimum Gasteiger partial charge on any atom is -0.393 e. The molecule has 1 aliphatic carbocycles. The summed E-state index contributed by atoms with van der Waals surface area (Å²) < 4.78 is 0. The summed E-state index contributed by atoms with van der Waals surface area (Å²) in [5.74, 6) is 0. The zero-order chi connectivity index (χ0) is 19.1. The van der Waals surface area contributed by atoms with Crippen LogP contribution >= 0.6 is 0 Å². The van der Waals surface area contributed by atoms with Crippen molar-refractivity contribution in [2.24, 2.45) is 0 Å². The monoisotopic (exact) mass is 368 g/mol. The van der Waals surface area contributed by atoms with E-state index in [1.165, 1.54) is 70.6 Å². The summed E-state index contributed by atoms with van der Waals surface area (Å²) in [4.78, 5) is 0. The van der Waals surface area contributed by atoms with Crippen LogP contribution < -0.4 is 0 Å². The third-order valence-corrected chi connectivity index (χ3v) is 5.68. The van der Waals surface area contributed by atoms with Gasteiger partial charge in [-0.15, -0.1) is 0 Å². The summed E-state index contributed by atoms with van der Waals surface area (Å²) in [7, 11) is 0. The minimum absolute atomic E-state index is 0.414. The van der Waals surface area contributed by atoms with E-state index in [1.807, 2.05) is 0 Å². The second-order valence-electron chi connectivity index (χ2n) is 8.51. The van der Waals surface area contributed by atoms with E-state index in [4.69, 9.17) is 0 Å². The maximum absolute atomic E-state index is 10.5. The van der Waals surface area contributed by atoms with E-state index in [1.54, 1.807) is 0 Å². The number of aliphatic hydroxyl groups excluding tert-OH is 2. The lowest BCUT2D eigenvalue weighted by Gasteiger charge is -2.37. The quantitative estimate of drug-likeness (QED) is 0.258. The lowest BCUT2D eigenvalue weighted by atomic mass is 9.78. The van der Waals surface area contributed by atoms with E-state index in [9.17, 15) is 15.3 Å². The van der Waals surface area contributed by atoms with Crippen molar-refractivity contribution in [3.63, 3.8) is 0 Å². The van der Waals surface area contributed by atoms with Crippen molar-refractivity contribution < 1.29 is 15.3 Å². The van der Waals surface area contributed by atoms with Crippen LogP contribution in [0.25, 0.3) is 0 Å². The number of hydrogen-bond acceptors (Lipinski definition) is 3. The molecule has 154 valence electrons. The Labute approximate surface area is 161 Å². The molecule has 26 heavy (non-hydrogen) atoms. The molecule has 0 aromatic rings. The van der Waals surface area contributed by atoms with Gasteiger partial charge >= 0.3 is 0 Å². The van der Waals surface area contributed by atoms with Crippen LogP contribution in [0.5, 0.6) is 0 Å². The molecule has 0 spiro atoms. The van der Waals surface area contributed by atoms with Crippen LogP contribution in [-0.4, -0.2) is 33.1 Å². The van der Waals surface area contributed by atoms with Crippen LogP contribution in [0.1, 0.15) is 116 Å². The van der Waals surface area contributed by atoms with E-state index >= 15 is 0 Å². The molecular weight excluding hydrogens is 324 g/mol. The van der Waals surface area contributed by atoms with Crippen molar-refractivity contribution in [3.8, 4) is 0 Å².